The molecule has 1 rings (SSSR count). The van der Waals surface area contributed by atoms with Gasteiger partial charge in [-0.25, -0.2) is 0 Å². The molecular weight excluding hydrogens is 168 g/mol. The van der Waals surface area contributed by atoms with Crippen LogP contribution in [0.5, 0.6) is 0 Å². The summed E-state index contributed by atoms with van der Waals surface area (Å²) < 4.78 is 0. The van der Waals surface area contributed by atoms with E-state index in [0.717, 1.165) is 11.8 Å². The predicted octanol–water partition coefficient (Wildman–Crippen LogP) is 5.28. The molecule has 0 aromatic rings. The van der Waals surface area contributed by atoms with Crippen LogP contribution in [-0.2, 0) is 0 Å². The Kier molecular flexibility index (Phi) is 6.48. The van der Waals surface area contributed by atoms with Crippen molar-refractivity contribution in [3.63, 3.8) is 0 Å². The van der Waals surface area contributed by atoms with Crippen molar-refractivity contribution < 1.29 is 0 Å². The van der Waals surface area contributed by atoms with Crippen LogP contribution in [0.15, 0.2) is 0 Å². The summed E-state index contributed by atoms with van der Waals surface area (Å²) in [5.74, 6) is 1.98. The molecule has 0 aliphatic heterocycles. The topological polar surface area (TPSA) is 0 Å². The highest BCUT2D eigenvalue weighted by molar-refractivity contribution is 4.78. The van der Waals surface area contributed by atoms with Gasteiger partial charge in [0.05, 0.1) is 0 Å². The predicted molar refractivity (Wildman–Crippen MR) is 66.5 cm³/mol. The minimum atomic E-state index is 0.556. The molecule has 1 saturated carbocycles. The van der Waals surface area contributed by atoms with Gasteiger partial charge >= 0.3 is 0 Å². The molecular formula is C14H30. The van der Waals surface area contributed by atoms with Crippen molar-refractivity contribution in [1.29, 1.82) is 0 Å². The molecule has 86 valence electrons. The lowest BCUT2D eigenvalue weighted by Gasteiger charge is -2.35. The maximum atomic E-state index is 2.39. The van der Waals surface area contributed by atoms with E-state index in [2.05, 4.69) is 41.5 Å². The van der Waals surface area contributed by atoms with Gasteiger partial charge in [0.25, 0.3) is 0 Å². The minimum absolute atomic E-state index is 0.556. The lowest BCUT2D eigenvalue weighted by Crippen LogP contribution is -2.24. The molecule has 0 nitrogen and oxygen atoms in total. The zero-order chi connectivity index (χ0) is 11.2. The fraction of sp³-hybridized carbons (Fsp3) is 1.00. The van der Waals surface area contributed by atoms with Crippen LogP contribution < -0.4 is 0 Å². The van der Waals surface area contributed by atoms with Crippen LogP contribution in [0.25, 0.3) is 0 Å². The summed E-state index contributed by atoms with van der Waals surface area (Å²) in [5, 5.41) is 0. The Balaban J connectivity index is 0.000000500. The second-order valence-electron chi connectivity index (χ2n) is 6.03. The van der Waals surface area contributed by atoms with Crippen molar-refractivity contribution in [1.82, 2.24) is 0 Å². The third-order valence-corrected chi connectivity index (χ3v) is 3.24. The van der Waals surface area contributed by atoms with E-state index in [-0.39, 0.29) is 0 Å². The van der Waals surface area contributed by atoms with Gasteiger partial charge in [0.15, 0.2) is 0 Å². The quantitative estimate of drug-likeness (QED) is 0.497. The lowest BCUT2D eigenvalue weighted by molar-refractivity contribution is 0.155. The molecule has 0 unspecified atom stereocenters. The van der Waals surface area contributed by atoms with E-state index < -0.39 is 0 Å². The van der Waals surface area contributed by atoms with Crippen molar-refractivity contribution in [3.8, 4) is 0 Å². The first kappa shape index (κ1) is 14.0. The first-order valence-corrected chi connectivity index (χ1v) is 6.41. The third kappa shape index (κ3) is 5.67. The Labute approximate surface area is 91.5 Å². The summed E-state index contributed by atoms with van der Waals surface area (Å²) in [6.45, 7) is 13.8. The van der Waals surface area contributed by atoms with Crippen LogP contribution in [0, 0.1) is 17.3 Å². The van der Waals surface area contributed by atoms with Crippen molar-refractivity contribution in [2.45, 2.75) is 73.6 Å². The van der Waals surface area contributed by atoms with E-state index in [0.29, 0.717) is 5.41 Å². The number of rotatable bonds is 0. The number of hydrogen-bond acceptors (Lipinski definition) is 0. The van der Waals surface area contributed by atoms with Crippen LogP contribution in [0.4, 0.5) is 0 Å². The van der Waals surface area contributed by atoms with Crippen molar-refractivity contribution in [2.75, 3.05) is 0 Å². The van der Waals surface area contributed by atoms with Crippen molar-refractivity contribution >= 4 is 0 Å². The smallest absolute Gasteiger partial charge is 0.0354 e. The van der Waals surface area contributed by atoms with E-state index in [1.165, 1.54) is 32.1 Å². The first-order chi connectivity index (χ1) is 6.41. The summed E-state index contributed by atoms with van der Waals surface area (Å²) in [4.78, 5) is 0. The van der Waals surface area contributed by atoms with Crippen LogP contribution in [0.2, 0.25) is 0 Å². The van der Waals surface area contributed by atoms with Gasteiger partial charge in [0.1, 0.15) is 0 Å². The maximum Gasteiger partial charge on any atom is -0.0354 e. The van der Waals surface area contributed by atoms with E-state index in [1.54, 1.807) is 0 Å². The standard InChI is InChI=1S/C11H22.C3H8/c1-9-5-7-10(8-6-9)11(2,3)4;1-3-2/h9-10H,5-8H2,1-4H3;3H2,1-2H3. The van der Waals surface area contributed by atoms with Crippen LogP contribution >= 0.6 is 0 Å². The SMILES string of the molecule is CC1CCC(C(C)(C)C)CC1.CCC. The zero-order valence-electron chi connectivity index (χ0n) is 11.2. The molecule has 0 N–H and O–H groups in total. The molecule has 0 aromatic carbocycles. The van der Waals surface area contributed by atoms with Crippen LogP contribution in [0.3, 0.4) is 0 Å². The molecule has 0 aromatic heterocycles. The molecule has 0 bridgehead atoms. The van der Waals surface area contributed by atoms with Gasteiger partial charge in [-0.05, 0) is 30.1 Å². The van der Waals surface area contributed by atoms with Gasteiger partial charge in [-0.1, -0.05) is 60.8 Å². The zero-order valence-corrected chi connectivity index (χ0v) is 11.2. The molecule has 0 saturated heterocycles. The molecule has 0 radical (unpaired) electrons. The lowest BCUT2D eigenvalue weighted by atomic mass is 9.70. The third-order valence-electron chi connectivity index (χ3n) is 3.24. The van der Waals surface area contributed by atoms with Gasteiger partial charge in [0.2, 0.25) is 0 Å². The summed E-state index contributed by atoms with van der Waals surface area (Å²) in [6, 6.07) is 0. The van der Waals surface area contributed by atoms with E-state index in [9.17, 15) is 0 Å². The molecule has 0 atom stereocenters. The molecule has 1 aliphatic carbocycles. The average Bonchev–Trinajstić information content (AvgIpc) is 2.04. The summed E-state index contributed by atoms with van der Waals surface area (Å²) >= 11 is 0. The molecule has 0 spiro atoms. The molecule has 0 amide bonds. The Morgan fingerprint density at radius 2 is 1.29 bits per heavy atom. The summed E-state index contributed by atoms with van der Waals surface area (Å²) in [5.41, 5.74) is 0.556. The van der Waals surface area contributed by atoms with Crippen LogP contribution in [-0.4, -0.2) is 0 Å². The van der Waals surface area contributed by atoms with Gasteiger partial charge in [0, 0.05) is 0 Å². The van der Waals surface area contributed by atoms with Crippen LogP contribution in [0.1, 0.15) is 73.6 Å². The summed E-state index contributed by atoms with van der Waals surface area (Å²) in [7, 11) is 0. The Hall–Kier alpha value is 0. The second-order valence-corrected chi connectivity index (χ2v) is 6.03. The molecule has 1 aliphatic rings. The first-order valence-electron chi connectivity index (χ1n) is 6.41. The molecule has 0 heterocycles. The maximum absolute atomic E-state index is 2.39. The largest absolute Gasteiger partial charge is 0.0656 e. The molecule has 14 heavy (non-hydrogen) atoms. The average molecular weight is 198 g/mol. The highest BCUT2D eigenvalue weighted by Crippen LogP contribution is 2.39. The number of hydrogen-bond donors (Lipinski definition) is 0. The Morgan fingerprint density at radius 1 is 0.929 bits per heavy atom. The molecule has 0 heteroatoms. The fourth-order valence-corrected chi connectivity index (χ4v) is 2.13. The Bertz CT molecular complexity index is 121. The normalized spacial score (nSPS) is 27.9. The second kappa shape index (κ2) is 6.48. The van der Waals surface area contributed by atoms with E-state index in [1.807, 2.05) is 0 Å². The summed E-state index contributed by atoms with van der Waals surface area (Å²) in [6.07, 6.45) is 7.10. The van der Waals surface area contributed by atoms with Gasteiger partial charge < -0.3 is 0 Å². The van der Waals surface area contributed by atoms with Gasteiger partial charge in [-0.2, -0.15) is 0 Å². The van der Waals surface area contributed by atoms with Crippen molar-refractivity contribution in [2.24, 2.45) is 17.3 Å². The highest BCUT2D eigenvalue weighted by atomic mass is 14.3. The minimum Gasteiger partial charge on any atom is -0.0656 e. The Morgan fingerprint density at radius 3 is 1.57 bits per heavy atom. The van der Waals surface area contributed by atoms with Gasteiger partial charge in [-0.3, -0.25) is 0 Å². The van der Waals surface area contributed by atoms with Gasteiger partial charge in [-0.15, -0.1) is 0 Å². The fourth-order valence-electron chi connectivity index (χ4n) is 2.13. The highest BCUT2D eigenvalue weighted by Gasteiger charge is 2.27. The van der Waals surface area contributed by atoms with E-state index >= 15 is 0 Å². The van der Waals surface area contributed by atoms with E-state index in [4.69, 9.17) is 0 Å². The molecule has 1 fully saturated rings. The van der Waals surface area contributed by atoms with Crippen molar-refractivity contribution in [3.05, 3.63) is 0 Å². The monoisotopic (exact) mass is 198 g/mol.